The number of rotatable bonds is 3. The molecule has 0 fully saturated rings. The van der Waals surface area contributed by atoms with Crippen molar-refractivity contribution in [1.82, 2.24) is 0 Å². The normalized spacial score (nSPS) is 10.4. The van der Waals surface area contributed by atoms with Crippen molar-refractivity contribution in [3.8, 4) is 5.75 Å². The Morgan fingerprint density at radius 1 is 1.11 bits per heavy atom. The first-order valence-corrected chi connectivity index (χ1v) is 6.08. The number of hydrogen-bond donors (Lipinski definition) is 0. The summed E-state index contributed by atoms with van der Waals surface area (Å²) < 4.78 is 18.6. The van der Waals surface area contributed by atoms with Gasteiger partial charge in [-0.1, -0.05) is 29.8 Å². The summed E-state index contributed by atoms with van der Waals surface area (Å²) in [5.74, 6) is 0.492. The summed E-state index contributed by atoms with van der Waals surface area (Å²) in [6.07, 6.45) is 0. The molecule has 0 atom stereocenters. The molecule has 1 nitrogen and oxygen atoms in total. The zero-order chi connectivity index (χ0) is 13.1. The SMILES string of the molecule is Cc1ccc(C)c(OCc2ccc(F)cc2Cl)c1. The third-order valence-corrected chi connectivity index (χ3v) is 3.09. The summed E-state index contributed by atoms with van der Waals surface area (Å²) in [4.78, 5) is 0. The van der Waals surface area contributed by atoms with Crippen molar-refractivity contribution in [1.29, 1.82) is 0 Å². The van der Waals surface area contributed by atoms with Gasteiger partial charge < -0.3 is 4.74 Å². The molecule has 0 aliphatic heterocycles. The molecule has 0 aliphatic rings. The van der Waals surface area contributed by atoms with Crippen molar-refractivity contribution in [2.24, 2.45) is 0 Å². The predicted molar refractivity (Wildman–Crippen MR) is 71.7 cm³/mol. The van der Waals surface area contributed by atoms with Crippen LogP contribution in [0, 0.1) is 19.7 Å². The van der Waals surface area contributed by atoms with Crippen LogP contribution in [0.1, 0.15) is 16.7 Å². The van der Waals surface area contributed by atoms with Gasteiger partial charge in [-0.3, -0.25) is 0 Å². The number of aryl methyl sites for hydroxylation is 2. The molecule has 0 saturated heterocycles. The van der Waals surface area contributed by atoms with Gasteiger partial charge in [0.2, 0.25) is 0 Å². The van der Waals surface area contributed by atoms with Crippen molar-refractivity contribution in [3.63, 3.8) is 0 Å². The van der Waals surface area contributed by atoms with Crippen LogP contribution in [0.2, 0.25) is 5.02 Å². The van der Waals surface area contributed by atoms with Crippen molar-refractivity contribution in [2.45, 2.75) is 20.5 Å². The molecule has 0 aromatic heterocycles. The molecule has 3 heteroatoms. The summed E-state index contributed by atoms with van der Waals surface area (Å²) >= 11 is 5.95. The fourth-order valence-electron chi connectivity index (χ4n) is 1.66. The Morgan fingerprint density at radius 3 is 2.61 bits per heavy atom. The molecular weight excluding hydrogens is 251 g/mol. The highest BCUT2D eigenvalue weighted by Gasteiger charge is 2.05. The van der Waals surface area contributed by atoms with Crippen LogP contribution >= 0.6 is 11.6 Å². The molecule has 0 aliphatic carbocycles. The number of ether oxygens (including phenoxy) is 1. The lowest BCUT2D eigenvalue weighted by atomic mass is 10.1. The molecule has 0 amide bonds. The van der Waals surface area contributed by atoms with Gasteiger partial charge in [0.25, 0.3) is 0 Å². The van der Waals surface area contributed by atoms with Gasteiger partial charge in [0.05, 0.1) is 5.02 Å². The molecule has 2 aromatic carbocycles. The Hall–Kier alpha value is -1.54. The van der Waals surface area contributed by atoms with Gasteiger partial charge in [-0.05, 0) is 43.2 Å². The van der Waals surface area contributed by atoms with Crippen LogP contribution in [-0.4, -0.2) is 0 Å². The first-order chi connectivity index (χ1) is 8.56. The fourth-order valence-corrected chi connectivity index (χ4v) is 1.88. The summed E-state index contributed by atoms with van der Waals surface area (Å²) in [6.45, 7) is 4.33. The quantitative estimate of drug-likeness (QED) is 0.782. The molecule has 18 heavy (non-hydrogen) atoms. The summed E-state index contributed by atoms with van der Waals surface area (Å²) in [6, 6.07) is 10.3. The van der Waals surface area contributed by atoms with Gasteiger partial charge in [0.15, 0.2) is 0 Å². The molecule has 0 spiro atoms. The van der Waals surface area contributed by atoms with Crippen molar-refractivity contribution >= 4 is 11.6 Å². The highest BCUT2D eigenvalue weighted by molar-refractivity contribution is 6.31. The lowest BCUT2D eigenvalue weighted by Crippen LogP contribution is -1.98. The van der Waals surface area contributed by atoms with Crippen LogP contribution in [0.3, 0.4) is 0 Å². The maximum Gasteiger partial charge on any atom is 0.124 e. The average Bonchev–Trinajstić information content (AvgIpc) is 2.32. The molecule has 0 N–H and O–H groups in total. The minimum atomic E-state index is -0.338. The van der Waals surface area contributed by atoms with E-state index in [9.17, 15) is 4.39 Å². The van der Waals surface area contributed by atoms with Gasteiger partial charge in [-0.15, -0.1) is 0 Å². The van der Waals surface area contributed by atoms with Crippen LogP contribution in [0.25, 0.3) is 0 Å². The largest absolute Gasteiger partial charge is 0.489 e. The van der Waals surface area contributed by atoms with Gasteiger partial charge in [-0.2, -0.15) is 0 Å². The van der Waals surface area contributed by atoms with E-state index >= 15 is 0 Å². The minimum Gasteiger partial charge on any atom is -0.489 e. The molecule has 0 bridgehead atoms. The van der Waals surface area contributed by atoms with Crippen molar-refractivity contribution in [2.75, 3.05) is 0 Å². The third-order valence-electron chi connectivity index (χ3n) is 2.74. The second-order valence-electron chi connectivity index (χ2n) is 4.29. The Kier molecular flexibility index (Phi) is 3.87. The van der Waals surface area contributed by atoms with Crippen molar-refractivity contribution < 1.29 is 9.13 Å². The predicted octanol–water partition coefficient (Wildman–Crippen LogP) is 4.67. The molecular formula is C15H14ClFO. The second kappa shape index (κ2) is 5.40. The zero-order valence-electron chi connectivity index (χ0n) is 10.3. The van der Waals surface area contributed by atoms with E-state index in [1.807, 2.05) is 32.0 Å². The van der Waals surface area contributed by atoms with E-state index < -0.39 is 0 Å². The van der Waals surface area contributed by atoms with Gasteiger partial charge >= 0.3 is 0 Å². The number of hydrogen-bond acceptors (Lipinski definition) is 1. The van der Waals surface area contributed by atoms with Crippen LogP contribution in [0.15, 0.2) is 36.4 Å². The maximum absolute atomic E-state index is 12.9. The molecule has 2 aromatic rings. The molecule has 94 valence electrons. The molecule has 0 radical (unpaired) electrons. The van der Waals surface area contributed by atoms with E-state index in [2.05, 4.69) is 0 Å². The Balaban J connectivity index is 2.13. The second-order valence-corrected chi connectivity index (χ2v) is 4.70. The molecule has 0 unspecified atom stereocenters. The van der Waals surface area contributed by atoms with E-state index in [0.717, 1.165) is 22.4 Å². The van der Waals surface area contributed by atoms with Crippen LogP contribution in [0.5, 0.6) is 5.75 Å². The smallest absolute Gasteiger partial charge is 0.124 e. The zero-order valence-corrected chi connectivity index (χ0v) is 11.1. The monoisotopic (exact) mass is 264 g/mol. The lowest BCUT2D eigenvalue weighted by molar-refractivity contribution is 0.304. The highest BCUT2D eigenvalue weighted by atomic mass is 35.5. The van der Waals surface area contributed by atoms with Gasteiger partial charge in [0.1, 0.15) is 18.2 Å². The summed E-state index contributed by atoms with van der Waals surface area (Å²) in [7, 11) is 0. The number of halogens is 2. The van der Waals surface area contributed by atoms with E-state index in [0.29, 0.717) is 11.6 Å². The van der Waals surface area contributed by atoms with Crippen LogP contribution in [-0.2, 0) is 6.61 Å². The van der Waals surface area contributed by atoms with Gasteiger partial charge in [0, 0.05) is 5.56 Å². The number of benzene rings is 2. The average molecular weight is 265 g/mol. The lowest BCUT2D eigenvalue weighted by Gasteiger charge is -2.11. The van der Waals surface area contributed by atoms with E-state index in [1.54, 1.807) is 6.07 Å². The third kappa shape index (κ3) is 3.02. The fraction of sp³-hybridized carbons (Fsp3) is 0.200. The molecule has 0 saturated carbocycles. The Morgan fingerprint density at radius 2 is 1.89 bits per heavy atom. The molecule has 2 rings (SSSR count). The van der Waals surface area contributed by atoms with Crippen molar-refractivity contribution in [3.05, 3.63) is 63.9 Å². The first kappa shape index (κ1) is 12.9. The molecule has 0 heterocycles. The maximum atomic E-state index is 12.9. The topological polar surface area (TPSA) is 9.23 Å². The first-order valence-electron chi connectivity index (χ1n) is 5.70. The standard InChI is InChI=1S/C15H14ClFO/c1-10-3-4-11(2)15(7-10)18-9-12-5-6-13(17)8-14(12)16/h3-8H,9H2,1-2H3. The summed E-state index contributed by atoms with van der Waals surface area (Å²) in [5, 5.41) is 0.389. The van der Waals surface area contributed by atoms with E-state index in [1.165, 1.54) is 12.1 Å². The van der Waals surface area contributed by atoms with Crippen LogP contribution < -0.4 is 4.74 Å². The Labute approximate surface area is 111 Å². The van der Waals surface area contributed by atoms with E-state index in [-0.39, 0.29) is 5.82 Å². The summed E-state index contributed by atoms with van der Waals surface area (Å²) in [5.41, 5.74) is 2.98. The van der Waals surface area contributed by atoms with Crippen LogP contribution in [0.4, 0.5) is 4.39 Å². The van der Waals surface area contributed by atoms with Gasteiger partial charge in [-0.25, -0.2) is 4.39 Å². The Bertz CT molecular complexity index is 566. The minimum absolute atomic E-state index is 0.337. The van der Waals surface area contributed by atoms with E-state index in [4.69, 9.17) is 16.3 Å². The highest BCUT2D eigenvalue weighted by Crippen LogP contribution is 2.23.